The van der Waals surface area contributed by atoms with Gasteiger partial charge in [0.1, 0.15) is 0 Å². The van der Waals surface area contributed by atoms with Crippen LogP contribution in [-0.4, -0.2) is 10.1 Å². The Hall–Kier alpha value is -0.410. The van der Waals surface area contributed by atoms with Crippen molar-refractivity contribution in [2.45, 2.75) is 51.6 Å². The van der Waals surface area contributed by atoms with Crippen LogP contribution in [0.5, 0.6) is 0 Å². The Bertz CT molecular complexity index is 310. The summed E-state index contributed by atoms with van der Waals surface area (Å²) < 4.78 is 0. The maximum Gasteiger partial charge on any atom is 0.0959 e. The first-order valence-electron chi connectivity index (χ1n) is 5.89. The van der Waals surface area contributed by atoms with E-state index in [4.69, 9.17) is 5.11 Å². The lowest BCUT2D eigenvalue weighted by Gasteiger charge is -2.26. The van der Waals surface area contributed by atoms with Gasteiger partial charge in [0.25, 0.3) is 0 Å². The normalized spacial score (nSPS) is 26.8. The van der Waals surface area contributed by atoms with E-state index in [1.54, 1.807) is 11.3 Å². The molecule has 2 atom stereocenters. The monoisotopic (exact) mass is 225 g/mol. The molecule has 1 fully saturated rings. The number of nitrogens with zero attached hydrogens (tertiary/aromatic N) is 1. The number of aromatic nitrogens is 1. The molecule has 84 valence electrons. The molecule has 1 aromatic heterocycles. The van der Waals surface area contributed by atoms with E-state index in [0.717, 1.165) is 10.8 Å². The Balaban J connectivity index is 2.03. The maximum absolute atomic E-state index is 9.02. The minimum absolute atomic E-state index is 0.140. The fourth-order valence-corrected chi connectivity index (χ4v) is 3.40. The molecule has 3 heteroatoms. The Kier molecular flexibility index (Phi) is 3.76. The highest BCUT2D eigenvalue weighted by molar-refractivity contribution is 7.11. The molecule has 0 saturated heterocycles. The predicted octanol–water partition coefficient (Wildman–Crippen LogP) is 3.32. The first-order chi connectivity index (χ1) is 7.33. The highest BCUT2D eigenvalue weighted by Crippen LogP contribution is 2.38. The molecule has 0 spiro atoms. The van der Waals surface area contributed by atoms with Crippen molar-refractivity contribution in [3.63, 3.8) is 0 Å². The molecule has 0 bridgehead atoms. The van der Waals surface area contributed by atoms with Crippen LogP contribution in [0.3, 0.4) is 0 Å². The van der Waals surface area contributed by atoms with Crippen LogP contribution in [0.25, 0.3) is 0 Å². The van der Waals surface area contributed by atoms with E-state index in [0.29, 0.717) is 5.92 Å². The van der Waals surface area contributed by atoms with E-state index >= 15 is 0 Å². The number of rotatable bonds is 3. The molecule has 1 aliphatic rings. The lowest BCUT2D eigenvalue weighted by molar-refractivity contribution is 0.285. The molecule has 1 heterocycles. The summed E-state index contributed by atoms with van der Waals surface area (Å²) in [6.45, 7) is 2.43. The van der Waals surface area contributed by atoms with Crippen LogP contribution in [0.15, 0.2) is 6.20 Å². The molecule has 0 radical (unpaired) electrons. The van der Waals surface area contributed by atoms with Gasteiger partial charge < -0.3 is 5.11 Å². The molecule has 1 N–H and O–H groups in total. The first-order valence-corrected chi connectivity index (χ1v) is 6.70. The Labute approximate surface area is 95.4 Å². The second-order valence-electron chi connectivity index (χ2n) is 4.46. The van der Waals surface area contributed by atoms with Gasteiger partial charge in [-0.2, -0.15) is 0 Å². The molecule has 0 amide bonds. The summed E-state index contributed by atoms with van der Waals surface area (Å²) in [6, 6.07) is 0. The van der Waals surface area contributed by atoms with Crippen molar-refractivity contribution in [1.82, 2.24) is 4.98 Å². The van der Waals surface area contributed by atoms with Crippen molar-refractivity contribution in [2.75, 3.05) is 0 Å². The average molecular weight is 225 g/mol. The molecule has 2 unspecified atom stereocenters. The van der Waals surface area contributed by atoms with Crippen LogP contribution in [0.1, 0.15) is 54.8 Å². The third-order valence-corrected chi connectivity index (χ3v) is 4.58. The van der Waals surface area contributed by atoms with Gasteiger partial charge in [0.05, 0.1) is 16.5 Å². The van der Waals surface area contributed by atoms with Crippen LogP contribution in [-0.2, 0) is 6.61 Å². The summed E-state index contributed by atoms with van der Waals surface area (Å²) in [4.78, 5) is 5.44. The Morgan fingerprint density at radius 2 is 2.40 bits per heavy atom. The lowest BCUT2D eigenvalue weighted by atomic mass is 9.80. The number of aliphatic hydroxyl groups is 1. The van der Waals surface area contributed by atoms with E-state index in [1.807, 2.05) is 6.20 Å². The van der Waals surface area contributed by atoms with Crippen LogP contribution >= 0.6 is 11.3 Å². The predicted molar refractivity (Wildman–Crippen MR) is 63.0 cm³/mol. The van der Waals surface area contributed by atoms with E-state index < -0.39 is 0 Å². The third kappa shape index (κ3) is 2.58. The third-order valence-electron chi connectivity index (χ3n) is 3.44. The second kappa shape index (κ2) is 5.08. The van der Waals surface area contributed by atoms with Gasteiger partial charge in [-0.15, -0.1) is 11.3 Å². The van der Waals surface area contributed by atoms with Crippen molar-refractivity contribution >= 4 is 11.3 Å². The number of thiazole rings is 1. The summed E-state index contributed by atoms with van der Waals surface area (Å²) >= 11 is 1.69. The van der Waals surface area contributed by atoms with Gasteiger partial charge in [0, 0.05) is 12.1 Å². The van der Waals surface area contributed by atoms with Crippen molar-refractivity contribution in [2.24, 2.45) is 5.92 Å². The summed E-state index contributed by atoms with van der Waals surface area (Å²) in [6.07, 6.45) is 8.45. The van der Waals surface area contributed by atoms with Crippen LogP contribution in [0.4, 0.5) is 0 Å². The topological polar surface area (TPSA) is 33.1 Å². The van der Waals surface area contributed by atoms with Gasteiger partial charge in [-0.1, -0.05) is 26.2 Å². The summed E-state index contributed by atoms with van der Waals surface area (Å²) in [5.74, 6) is 1.55. The molecule has 1 aromatic rings. The van der Waals surface area contributed by atoms with Gasteiger partial charge in [-0.05, 0) is 18.8 Å². The van der Waals surface area contributed by atoms with E-state index in [1.165, 1.54) is 37.1 Å². The van der Waals surface area contributed by atoms with Crippen molar-refractivity contribution in [1.29, 1.82) is 0 Å². The van der Waals surface area contributed by atoms with Gasteiger partial charge >= 0.3 is 0 Å². The van der Waals surface area contributed by atoms with Gasteiger partial charge in [0.15, 0.2) is 0 Å². The van der Waals surface area contributed by atoms with E-state index in [9.17, 15) is 0 Å². The molecule has 0 aliphatic heterocycles. The van der Waals surface area contributed by atoms with Crippen molar-refractivity contribution in [3.8, 4) is 0 Å². The summed E-state index contributed by atoms with van der Waals surface area (Å²) in [7, 11) is 0. The molecule has 0 aromatic carbocycles. The van der Waals surface area contributed by atoms with Gasteiger partial charge in [0.2, 0.25) is 0 Å². The lowest BCUT2D eigenvalue weighted by Crippen LogP contribution is -2.13. The molecule has 2 nitrogen and oxygen atoms in total. The van der Waals surface area contributed by atoms with E-state index in [-0.39, 0.29) is 6.61 Å². The Morgan fingerprint density at radius 3 is 3.07 bits per heavy atom. The SMILES string of the molecule is CCC1CCCC(c2ncc(CO)s2)C1. The fourth-order valence-electron chi connectivity index (χ4n) is 2.47. The highest BCUT2D eigenvalue weighted by Gasteiger charge is 2.24. The molecule has 15 heavy (non-hydrogen) atoms. The zero-order valence-corrected chi connectivity index (χ0v) is 10.1. The average Bonchev–Trinajstić information content (AvgIpc) is 2.78. The number of hydrogen-bond acceptors (Lipinski definition) is 3. The molecular weight excluding hydrogens is 206 g/mol. The van der Waals surface area contributed by atoms with Crippen molar-refractivity contribution in [3.05, 3.63) is 16.1 Å². The molecule has 2 rings (SSSR count). The first kappa shape index (κ1) is 11.1. The Morgan fingerprint density at radius 1 is 1.53 bits per heavy atom. The number of hydrogen-bond donors (Lipinski definition) is 1. The van der Waals surface area contributed by atoms with Crippen molar-refractivity contribution < 1.29 is 5.11 Å². The van der Waals surface area contributed by atoms with Crippen LogP contribution in [0, 0.1) is 5.92 Å². The smallest absolute Gasteiger partial charge is 0.0959 e. The molecular formula is C12H19NOS. The van der Waals surface area contributed by atoms with Gasteiger partial charge in [-0.3, -0.25) is 0 Å². The largest absolute Gasteiger partial charge is 0.391 e. The summed E-state index contributed by atoms with van der Waals surface area (Å²) in [5.41, 5.74) is 0. The maximum atomic E-state index is 9.02. The van der Waals surface area contributed by atoms with Crippen LogP contribution in [0.2, 0.25) is 0 Å². The minimum Gasteiger partial charge on any atom is -0.391 e. The van der Waals surface area contributed by atoms with Gasteiger partial charge in [-0.25, -0.2) is 4.98 Å². The quantitative estimate of drug-likeness (QED) is 0.856. The van der Waals surface area contributed by atoms with E-state index in [2.05, 4.69) is 11.9 Å². The molecule has 1 aliphatic carbocycles. The second-order valence-corrected chi connectivity index (χ2v) is 5.61. The number of aliphatic hydroxyl groups excluding tert-OH is 1. The standard InChI is InChI=1S/C12H19NOS/c1-2-9-4-3-5-10(6-9)12-13-7-11(8-14)15-12/h7,9-10,14H,2-6,8H2,1H3. The molecule has 1 saturated carbocycles. The summed E-state index contributed by atoms with van der Waals surface area (Å²) in [5, 5.41) is 10.3. The fraction of sp³-hybridized carbons (Fsp3) is 0.750. The highest BCUT2D eigenvalue weighted by atomic mass is 32.1. The zero-order valence-electron chi connectivity index (χ0n) is 9.28. The zero-order chi connectivity index (χ0) is 10.7. The minimum atomic E-state index is 0.140. The van der Waals surface area contributed by atoms with Crippen LogP contribution < -0.4 is 0 Å².